The monoisotopic (exact) mass is 337 g/mol. The highest BCUT2D eigenvalue weighted by atomic mass is 32.2. The molecule has 1 aromatic rings. The average molecular weight is 337 g/mol. The molecule has 0 unspecified atom stereocenters. The number of rotatable bonds is 2. The standard InChI is InChI=1S/C13H14F3NO4S/c14-13(15,16)9-1-3-10(4-2-9)22(20,21)11-5-7-17(8-6-11)12(18)19/h1-4,11H,5-8H2,(H,18,19). The van der Waals surface area contributed by atoms with E-state index in [9.17, 15) is 26.4 Å². The number of carbonyl (C=O) groups is 1. The summed E-state index contributed by atoms with van der Waals surface area (Å²) in [6.07, 6.45) is -5.36. The first kappa shape index (κ1) is 16.6. The Morgan fingerprint density at radius 1 is 1.14 bits per heavy atom. The third kappa shape index (κ3) is 3.34. The summed E-state index contributed by atoms with van der Waals surface area (Å²) in [7, 11) is -3.76. The van der Waals surface area contributed by atoms with E-state index in [0.717, 1.165) is 29.2 Å². The van der Waals surface area contributed by atoms with Gasteiger partial charge in [-0.05, 0) is 37.1 Å². The van der Waals surface area contributed by atoms with Crippen molar-refractivity contribution in [3.63, 3.8) is 0 Å². The van der Waals surface area contributed by atoms with E-state index in [0.29, 0.717) is 0 Å². The Morgan fingerprint density at radius 3 is 2.05 bits per heavy atom. The van der Waals surface area contributed by atoms with Gasteiger partial charge in [-0.2, -0.15) is 13.2 Å². The number of piperidine rings is 1. The maximum Gasteiger partial charge on any atom is 0.416 e. The van der Waals surface area contributed by atoms with Crippen LogP contribution in [0.2, 0.25) is 0 Å². The van der Waals surface area contributed by atoms with Crippen LogP contribution in [0, 0.1) is 0 Å². The highest BCUT2D eigenvalue weighted by Gasteiger charge is 2.34. The first-order valence-corrected chi connectivity index (χ1v) is 8.06. The molecule has 0 bridgehead atoms. The van der Waals surface area contributed by atoms with E-state index in [1.807, 2.05) is 0 Å². The van der Waals surface area contributed by atoms with Gasteiger partial charge >= 0.3 is 12.3 Å². The molecule has 1 aromatic carbocycles. The van der Waals surface area contributed by atoms with Gasteiger partial charge in [-0.3, -0.25) is 0 Å². The van der Waals surface area contributed by atoms with Crippen molar-refractivity contribution in [2.45, 2.75) is 29.2 Å². The van der Waals surface area contributed by atoms with Crippen LogP contribution in [-0.2, 0) is 16.0 Å². The van der Waals surface area contributed by atoms with Crippen LogP contribution in [0.1, 0.15) is 18.4 Å². The molecule has 1 saturated heterocycles. The molecule has 1 fully saturated rings. The van der Waals surface area contributed by atoms with E-state index in [4.69, 9.17) is 5.11 Å². The number of hydrogen-bond acceptors (Lipinski definition) is 3. The topological polar surface area (TPSA) is 74.7 Å². The first-order valence-electron chi connectivity index (χ1n) is 6.51. The molecule has 1 amide bonds. The fraction of sp³-hybridized carbons (Fsp3) is 0.462. The molecular weight excluding hydrogens is 323 g/mol. The van der Waals surface area contributed by atoms with Gasteiger partial charge in [0.25, 0.3) is 0 Å². The Morgan fingerprint density at radius 2 is 1.64 bits per heavy atom. The zero-order chi connectivity index (χ0) is 16.5. The summed E-state index contributed by atoms with van der Waals surface area (Å²) >= 11 is 0. The second-order valence-electron chi connectivity index (χ2n) is 5.04. The van der Waals surface area contributed by atoms with Crippen molar-refractivity contribution in [3.05, 3.63) is 29.8 Å². The van der Waals surface area contributed by atoms with Crippen molar-refractivity contribution >= 4 is 15.9 Å². The zero-order valence-electron chi connectivity index (χ0n) is 11.4. The summed E-state index contributed by atoms with van der Waals surface area (Å²) in [4.78, 5) is 11.7. The van der Waals surface area contributed by atoms with Gasteiger partial charge < -0.3 is 10.0 Å². The minimum absolute atomic E-state index is 0.0971. The van der Waals surface area contributed by atoms with Crippen LogP contribution in [0.15, 0.2) is 29.2 Å². The molecule has 0 spiro atoms. The number of hydrogen-bond donors (Lipinski definition) is 1. The fourth-order valence-electron chi connectivity index (χ4n) is 2.38. The molecule has 22 heavy (non-hydrogen) atoms. The first-order chi connectivity index (χ1) is 10.1. The minimum Gasteiger partial charge on any atom is -0.465 e. The molecule has 122 valence electrons. The molecule has 1 heterocycles. The van der Waals surface area contributed by atoms with Gasteiger partial charge in [0.1, 0.15) is 0 Å². The molecule has 5 nitrogen and oxygen atoms in total. The molecule has 1 aliphatic rings. The SMILES string of the molecule is O=C(O)N1CCC(S(=O)(=O)c2ccc(C(F)(F)F)cc2)CC1. The molecule has 1 N–H and O–H groups in total. The van der Waals surface area contributed by atoms with E-state index >= 15 is 0 Å². The molecule has 1 aliphatic heterocycles. The van der Waals surface area contributed by atoms with Crippen LogP contribution < -0.4 is 0 Å². The third-order valence-corrected chi connectivity index (χ3v) is 5.94. The Hall–Kier alpha value is -1.77. The second kappa shape index (κ2) is 5.79. The number of nitrogens with zero attached hydrogens (tertiary/aromatic N) is 1. The highest BCUT2D eigenvalue weighted by Crippen LogP contribution is 2.31. The van der Waals surface area contributed by atoms with Gasteiger partial charge in [0.2, 0.25) is 0 Å². The summed E-state index contributed by atoms with van der Waals surface area (Å²) in [5.41, 5.74) is -0.910. The number of benzene rings is 1. The van der Waals surface area contributed by atoms with Crippen molar-refractivity contribution in [2.75, 3.05) is 13.1 Å². The number of halogens is 3. The summed E-state index contributed by atoms with van der Waals surface area (Å²) in [5.74, 6) is 0. The smallest absolute Gasteiger partial charge is 0.416 e. The Balaban J connectivity index is 2.16. The number of amides is 1. The quantitative estimate of drug-likeness (QED) is 0.900. The predicted octanol–water partition coefficient (Wildman–Crippen LogP) is 2.62. The van der Waals surface area contributed by atoms with Gasteiger partial charge in [0.05, 0.1) is 15.7 Å². The van der Waals surface area contributed by atoms with Crippen molar-refractivity contribution in [1.82, 2.24) is 4.90 Å². The van der Waals surface area contributed by atoms with E-state index in [1.54, 1.807) is 0 Å². The van der Waals surface area contributed by atoms with Crippen LogP contribution in [0.4, 0.5) is 18.0 Å². The largest absolute Gasteiger partial charge is 0.465 e. The maximum absolute atomic E-state index is 12.5. The number of carboxylic acid groups (broad SMARTS) is 1. The predicted molar refractivity (Wildman–Crippen MR) is 71.2 cm³/mol. The van der Waals surface area contributed by atoms with Gasteiger partial charge in [0.15, 0.2) is 9.84 Å². The Labute approximate surface area is 125 Å². The van der Waals surface area contributed by atoms with E-state index in [2.05, 4.69) is 0 Å². The normalized spacial score (nSPS) is 17.5. The fourth-order valence-corrected chi connectivity index (χ4v) is 4.12. The summed E-state index contributed by atoms with van der Waals surface area (Å²) in [5, 5.41) is 8.04. The molecule has 0 radical (unpaired) electrons. The molecular formula is C13H14F3NO4S. The molecule has 0 saturated carbocycles. The lowest BCUT2D eigenvalue weighted by atomic mass is 10.1. The molecule has 9 heteroatoms. The van der Waals surface area contributed by atoms with Crippen molar-refractivity contribution in [2.24, 2.45) is 0 Å². The summed E-state index contributed by atoms with van der Waals surface area (Å²) in [6.45, 7) is 0.194. The lowest BCUT2D eigenvalue weighted by Gasteiger charge is -2.29. The van der Waals surface area contributed by atoms with E-state index in [1.165, 1.54) is 0 Å². The van der Waals surface area contributed by atoms with Crippen molar-refractivity contribution in [3.8, 4) is 0 Å². The van der Waals surface area contributed by atoms with E-state index < -0.39 is 32.9 Å². The number of likely N-dealkylation sites (tertiary alicyclic amines) is 1. The third-order valence-electron chi connectivity index (χ3n) is 3.66. The van der Waals surface area contributed by atoms with Gasteiger partial charge in [0, 0.05) is 13.1 Å². The Kier molecular flexibility index (Phi) is 4.37. The van der Waals surface area contributed by atoms with Gasteiger partial charge in [-0.25, -0.2) is 13.2 Å². The maximum atomic E-state index is 12.5. The van der Waals surface area contributed by atoms with Gasteiger partial charge in [-0.1, -0.05) is 0 Å². The number of sulfone groups is 1. The Bertz CT molecular complexity index is 647. The molecule has 0 atom stereocenters. The van der Waals surface area contributed by atoms with E-state index in [-0.39, 0.29) is 30.8 Å². The lowest BCUT2D eigenvalue weighted by Crippen LogP contribution is -2.41. The van der Waals surface area contributed by atoms with Crippen LogP contribution >= 0.6 is 0 Å². The summed E-state index contributed by atoms with van der Waals surface area (Å²) in [6, 6.07) is 3.36. The van der Waals surface area contributed by atoms with Crippen molar-refractivity contribution in [1.29, 1.82) is 0 Å². The zero-order valence-corrected chi connectivity index (χ0v) is 12.2. The minimum atomic E-state index is -4.52. The number of alkyl halides is 3. The molecule has 2 rings (SSSR count). The summed E-state index contributed by atoms with van der Waals surface area (Å²) < 4.78 is 62.2. The lowest BCUT2D eigenvalue weighted by molar-refractivity contribution is -0.137. The van der Waals surface area contributed by atoms with Crippen molar-refractivity contribution < 1.29 is 31.5 Å². The second-order valence-corrected chi connectivity index (χ2v) is 7.26. The highest BCUT2D eigenvalue weighted by molar-refractivity contribution is 7.92. The van der Waals surface area contributed by atoms with Crippen LogP contribution in [0.5, 0.6) is 0 Å². The van der Waals surface area contributed by atoms with Crippen LogP contribution in [-0.4, -0.2) is 42.9 Å². The average Bonchev–Trinajstić information content (AvgIpc) is 2.46. The molecule has 0 aliphatic carbocycles. The van der Waals surface area contributed by atoms with Crippen LogP contribution in [0.25, 0.3) is 0 Å². The van der Waals surface area contributed by atoms with Crippen LogP contribution in [0.3, 0.4) is 0 Å². The van der Waals surface area contributed by atoms with Gasteiger partial charge in [-0.15, -0.1) is 0 Å². The molecule has 0 aromatic heterocycles.